The van der Waals surface area contributed by atoms with Crippen molar-refractivity contribution in [2.24, 2.45) is 5.92 Å². The van der Waals surface area contributed by atoms with E-state index in [1.54, 1.807) is 12.1 Å². The zero-order valence-corrected chi connectivity index (χ0v) is 18.9. The number of hydrogen-bond acceptors (Lipinski definition) is 6. The molecule has 1 fully saturated rings. The Labute approximate surface area is 187 Å². The van der Waals surface area contributed by atoms with Crippen LogP contribution in [0.3, 0.4) is 0 Å². The standard InChI is InChI=1S/C23H26N4O4S/c1-16-3-5-18(6-4-16)15-24-22(28)23-25-21(26-31-23)19-7-9-20(10-8-19)32(29,30)27-13-11-17(2)12-14-27/h3-10,17H,11-15H2,1-2H3,(H,24,28). The van der Waals surface area contributed by atoms with Crippen LogP contribution in [0.5, 0.6) is 0 Å². The number of sulfonamides is 1. The Hall–Kier alpha value is -3.04. The molecule has 2 aromatic carbocycles. The largest absolute Gasteiger partial charge is 0.344 e. The summed E-state index contributed by atoms with van der Waals surface area (Å²) in [5.74, 6) is 0.153. The number of benzene rings is 2. The molecule has 1 amide bonds. The Morgan fingerprint density at radius 2 is 1.75 bits per heavy atom. The lowest BCUT2D eigenvalue weighted by Crippen LogP contribution is -2.37. The van der Waals surface area contributed by atoms with Gasteiger partial charge in [-0.05, 0) is 55.5 Å². The van der Waals surface area contributed by atoms with Gasteiger partial charge in [-0.1, -0.05) is 41.9 Å². The van der Waals surface area contributed by atoms with E-state index < -0.39 is 15.9 Å². The van der Waals surface area contributed by atoms with E-state index in [4.69, 9.17) is 4.52 Å². The molecule has 9 heteroatoms. The molecular weight excluding hydrogens is 428 g/mol. The number of nitrogens with one attached hydrogen (secondary N) is 1. The summed E-state index contributed by atoms with van der Waals surface area (Å²) >= 11 is 0. The van der Waals surface area contributed by atoms with Crippen LogP contribution in [0.15, 0.2) is 57.9 Å². The molecule has 0 radical (unpaired) electrons. The maximum absolute atomic E-state index is 12.9. The zero-order valence-electron chi connectivity index (χ0n) is 18.1. The molecule has 1 aliphatic heterocycles. The third kappa shape index (κ3) is 4.89. The average Bonchev–Trinajstić information content (AvgIpc) is 3.29. The molecule has 0 aliphatic carbocycles. The predicted molar refractivity (Wildman–Crippen MR) is 119 cm³/mol. The molecule has 0 saturated carbocycles. The van der Waals surface area contributed by atoms with E-state index in [2.05, 4.69) is 22.4 Å². The van der Waals surface area contributed by atoms with Crippen LogP contribution in [0, 0.1) is 12.8 Å². The minimum atomic E-state index is -3.52. The molecule has 1 aromatic heterocycles. The SMILES string of the molecule is Cc1ccc(CNC(=O)c2nc(-c3ccc(S(=O)(=O)N4CCC(C)CC4)cc3)no2)cc1. The van der Waals surface area contributed by atoms with Gasteiger partial charge in [-0.15, -0.1) is 0 Å². The van der Waals surface area contributed by atoms with Gasteiger partial charge in [-0.2, -0.15) is 9.29 Å². The van der Waals surface area contributed by atoms with Gasteiger partial charge in [0.1, 0.15) is 0 Å². The van der Waals surface area contributed by atoms with Crippen LogP contribution in [0.4, 0.5) is 0 Å². The quantitative estimate of drug-likeness (QED) is 0.612. The lowest BCUT2D eigenvalue weighted by molar-refractivity contribution is 0.0907. The van der Waals surface area contributed by atoms with Gasteiger partial charge in [-0.3, -0.25) is 4.79 Å². The number of amides is 1. The normalized spacial score (nSPS) is 15.6. The van der Waals surface area contributed by atoms with Gasteiger partial charge >= 0.3 is 11.8 Å². The topological polar surface area (TPSA) is 105 Å². The Bertz CT molecular complexity index is 1180. The number of carbonyl (C=O) groups excluding carboxylic acids is 1. The van der Waals surface area contributed by atoms with Crippen LogP contribution in [0.1, 0.15) is 41.6 Å². The minimum absolute atomic E-state index is 0.147. The van der Waals surface area contributed by atoms with E-state index in [0.717, 1.165) is 24.0 Å². The number of aromatic nitrogens is 2. The van der Waals surface area contributed by atoms with Crippen molar-refractivity contribution in [2.75, 3.05) is 13.1 Å². The minimum Gasteiger partial charge on any atom is -0.344 e. The zero-order chi connectivity index (χ0) is 22.7. The molecule has 0 bridgehead atoms. The lowest BCUT2D eigenvalue weighted by atomic mass is 10.0. The van der Waals surface area contributed by atoms with Crippen LogP contribution in [-0.2, 0) is 16.6 Å². The number of nitrogens with zero attached hydrogens (tertiary/aromatic N) is 3. The Morgan fingerprint density at radius 3 is 2.41 bits per heavy atom. The molecule has 168 valence electrons. The third-order valence-corrected chi connectivity index (χ3v) is 7.60. The van der Waals surface area contributed by atoms with Gasteiger partial charge in [0.05, 0.1) is 4.90 Å². The monoisotopic (exact) mass is 454 g/mol. The fraction of sp³-hybridized carbons (Fsp3) is 0.348. The first-order valence-corrected chi connectivity index (χ1v) is 12.0. The summed E-state index contributed by atoms with van der Waals surface area (Å²) in [4.78, 5) is 16.7. The lowest BCUT2D eigenvalue weighted by Gasteiger charge is -2.29. The smallest absolute Gasteiger partial charge is 0.316 e. The molecule has 1 saturated heterocycles. The predicted octanol–water partition coefficient (Wildman–Crippen LogP) is 3.40. The van der Waals surface area contributed by atoms with Crippen LogP contribution in [0.2, 0.25) is 0 Å². The summed E-state index contributed by atoms with van der Waals surface area (Å²) < 4.78 is 32.4. The second-order valence-electron chi connectivity index (χ2n) is 8.20. The molecule has 0 unspecified atom stereocenters. The number of aryl methyl sites for hydroxylation is 1. The molecule has 3 aromatic rings. The molecule has 1 N–H and O–H groups in total. The second kappa shape index (κ2) is 9.22. The van der Waals surface area contributed by atoms with E-state index in [0.29, 0.717) is 31.1 Å². The average molecular weight is 455 g/mol. The van der Waals surface area contributed by atoms with Crippen molar-refractivity contribution in [3.63, 3.8) is 0 Å². The molecule has 1 aliphatic rings. The summed E-state index contributed by atoms with van der Waals surface area (Å²) in [5, 5.41) is 6.61. The van der Waals surface area contributed by atoms with E-state index in [1.165, 1.54) is 16.4 Å². The number of carbonyl (C=O) groups is 1. The molecular formula is C23H26N4O4S. The third-order valence-electron chi connectivity index (χ3n) is 5.69. The highest BCUT2D eigenvalue weighted by molar-refractivity contribution is 7.89. The van der Waals surface area contributed by atoms with Crippen LogP contribution < -0.4 is 5.32 Å². The van der Waals surface area contributed by atoms with Gasteiger partial charge in [0.15, 0.2) is 0 Å². The van der Waals surface area contributed by atoms with E-state index in [9.17, 15) is 13.2 Å². The maximum atomic E-state index is 12.9. The van der Waals surface area contributed by atoms with Crippen molar-refractivity contribution in [3.8, 4) is 11.4 Å². The van der Waals surface area contributed by atoms with E-state index in [-0.39, 0.29) is 16.6 Å². The molecule has 0 atom stereocenters. The number of piperidine rings is 1. The summed E-state index contributed by atoms with van der Waals surface area (Å²) in [6.07, 6.45) is 1.74. The first-order valence-electron chi connectivity index (χ1n) is 10.6. The highest BCUT2D eigenvalue weighted by Crippen LogP contribution is 2.25. The van der Waals surface area contributed by atoms with Crippen molar-refractivity contribution in [1.29, 1.82) is 0 Å². The first-order chi connectivity index (χ1) is 15.3. The second-order valence-corrected chi connectivity index (χ2v) is 10.1. The first kappa shape index (κ1) is 22.2. The van der Waals surface area contributed by atoms with Crippen molar-refractivity contribution >= 4 is 15.9 Å². The summed E-state index contributed by atoms with van der Waals surface area (Å²) in [6, 6.07) is 14.1. The van der Waals surface area contributed by atoms with Crippen molar-refractivity contribution in [1.82, 2.24) is 19.8 Å². The van der Waals surface area contributed by atoms with E-state index >= 15 is 0 Å². The fourth-order valence-electron chi connectivity index (χ4n) is 3.55. The summed E-state index contributed by atoms with van der Waals surface area (Å²) in [6.45, 7) is 5.56. The van der Waals surface area contributed by atoms with Gasteiger partial charge in [0.2, 0.25) is 15.8 Å². The summed E-state index contributed by atoms with van der Waals surface area (Å²) in [5.41, 5.74) is 2.67. The van der Waals surface area contributed by atoms with Gasteiger partial charge < -0.3 is 9.84 Å². The van der Waals surface area contributed by atoms with Crippen LogP contribution in [-0.4, -0.2) is 41.9 Å². The van der Waals surface area contributed by atoms with Crippen LogP contribution in [0.25, 0.3) is 11.4 Å². The van der Waals surface area contributed by atoms with E-state index in [1.807, 2.05) is 31.2 Å². The molecule has 2 heterocycles. The summed E-state index contributed by atoms with van der Waals surface area (Å²) in [7, 11) is -3.52. The van der Waals surface area contributed by atoms with Gasteiger partial charge in [0.25, 0.3) is 0 Å². The Morgan fingerprint density at radius 1 is 1.09 bits per heavy atom. The maximum Gasteiger partial charge on any atom is 0.316 e. The van der Waals surface area contributed by atoms with Crippen molar-refractivity contribution in [3.05, 3.63) is 65.5 Å². The molecule has 0 spiro atoms. The molecule has 8 nitrogen and oxygen atoms in total. The number of hydrogen-bond donors (Lipinski definition) is 1. The molecule has 4 rings (SSSR count). The fourth-order valence-corrected chi connectivity index (χ4v) is 5.02. The molecule has 32 heavy (non-hydrogen) atoms. The van der Waals surface area contributed by atoms with Gasteiger partial charge in [-0.25, -0.2) is 8.42 Å². The van der Waals surface area contributed by atoms with Crippen molar-refractivity contribution < 1.29 is 17.7 Å². The van der Waals surface area contributed by atoms with Crippen LogP contribution >= 0.6 is 0 Å². The number of rotatable bonds is 6. The Kier molecular flexibility index (Phi) is 6.38. The highest BCUT2D eigenvalue weighted by atomic mass is 32.2. The van der Waals surface area contributed by atoms with Crippen molar-refractivity contribution in [2.45, 2.75) is 38.1 Å². The Balaban J connectivity index is 1.41. The van der Waals surface area contributed by atoms with Gasteiger partial charge in [0, 0.05) is 25.2 Å². The highest BCUT2D eigenvalue weighted by Gasteiger charge is 2.28.